The molecule has 1 aromatic heterocycles. The van der Waals surface area contributed by atoms with E-state index in [-0.39, 0.29) is 41.7 Å². The van der Waals surface area contributed by atoms with Gasteiger partial charge in [0.05, 0.1) is 6.42 Å². The average Bonchev–Trinajstić information content (AvgIpc) is 3.48. The number of rotatable bonds is 7. The monoisotopic (exact) mass is 530 g/mol. The molecule has 4 aliphatic carbocycles. The van der Waals surface area contributed by atoms with Crippen LogP contribution in [0.1, 0.15) is 83.6 Å². The number of H-pyrrole nitrogens is 1. The number of hydrogen-bond donors (Lipinski definition) is 2. The maximum absolute atomic E-state index is 12.8. The summed E-state index contributed by atoms with van der Waals surface area (Å²) >= 11 is 0. The SMILES string of the molecule is C[C@]12CC[C@@H]3[C@H](CCC4=CC(=O)CC[C@@]43C)[C@@H]1CC[C@H]2OC(=O)CCC(=O)NCCc1c[nH]c2ccccc12. The van der Waals surface area contributed by atoms with Crippen molar-refractivity contribution in [3.05, 3.63) is 47.7 Å². The van der Waals surface area contributed by atoms with E-state index in [1.54, 1.807) is 0 Å². The number of ether oxygens (including phenoxy) is 1. The van der Waals surface area contributed by atoms with Gasteiger partial charge in [0.1, 0.15) is 6.10 Å². The summed E-state index contributed by atoms with van der Waals surface area (Å²) < 4.78 is 6.09. The number of allylic oxidation sites excluding steroid dienone is 1. The minimum atomic E-state index is -0.248. The molecule has 6 atom stereocenters. The first-order valence-electron chi connectivity index (χ1n) is 15.0. The molecule has 0 spiro atoms. The molecular formula is C33H42N2O4. The Labute approximate surface area is 231 Å². The zero-order valence-corrected chi connectivity index (χ0v) is 23.4. The molecule has 2 N–H and O–H groups in total. The lowest BCUT2D eigenvalue weighted by Gasteiger charge is -2.57. The van der Waals surface area contributed by atoms with Gasteiger partial charge in [-0.1, -0.05) is 37.6 Å². The van der Waals surface area contributed by atoms with Crippen LogP contribution in [0, 0.1) is 28.6 Å². The second-order valence-corrected chi connectivity index (χ2v) is 13.0. The molecule has 208 valence electrons. The highest BCUT2D eigenvalue weighted by Gasteiger charge is 2.59. The lowest BCUT2D eigenvalue weighted by atomic mass is 9.47. The number of esters is 1. The van der Waals surface area contributed by atoms with Crippen LogP contribution in [0.15, 0.2) is 42.1 Å². The molecule has 0 bridgehead atoms. The molecule has 2 aromatic rings. The summed E-state index contributed by atoms with van der Waals surface area (Å²) in [6.45, 7) is 5.29. The van der Waals surface area contributed by atoms with Crippen LogP contribution in [-0.4, -0.2) is 35.3 Å². The summed E-state index contributed by atoms with van der Waals surface area (Å²) in [6, 6.07) is 8.15. The number of carbonyl (C=O) groups excluding carboxylic acids is 3. The van der Waals surface area contributed by atoms with Crippen LogP contribution in [-0.2, 0) is 25.5 Å². The van der Waals surface area contributed by atoms with E-state index >= 15 is 0 Å². The fourth-order valence-corrected chi connectivity index (χ4v) is 8.90. The molecule has 39 heavy (non-hydrogen) atoms. The van der Waals surface area contributed by atoms with Gasteiger partial charge in [-0.15, -0.1) is 0 Å². The van der Waals surface area contributed by atoms with Gasteiger partial charge in [-0.25, -0.2) is 0 Å². The van der Waals surface area contributed by atoms with Gasteiger partial charge in [0.15, 0.2) is 5.78 Å². The molecule has 0 radical (unpaired) electrons. The molecule has 1 aromatic carbocycles. The first-order chi connectivity index (χ1) is 18.8. The quantitative estimate of drug-likeness (QED) is 0.427. The predicted octanol–water partition coefficient (Wildman–Crippen LogP) is 6.05. The number of ketones is 1. The fraction of sp³-hybridized carbons (Fsp3) is 0.606. The highest BCUT2D eigenvalue weighted by Crippen LogP contribution is 2.65. The van der Waals surface area contributed by atoms with Crippen LogP contribution in [0.25, 0.3) is 10.9 Å². The molecule has 6 nitrogen and oxygen atoms in total. The summed E-state index contributed by atoms with van der Waals surface area (Å²) in [5.41, 5.74) is 3.85. The topological polar surface area (TPSA) is 88.3 Å². The minimum absolute atomic E-state index is 0.0144. The number of hydrogen-bond acceptors (Lipinski definition) is 4. The Morgan fingerprint density at radius 3 is 2.74 bits per heavy atom. The van der Waals surface area contributed by atoms with Gasteiger partial charge in [-0.3, -0.25) is 14.4 Å². The van der Waals surface area contributed by atoms with Crippen molar-refractivity contribution in [2.75, 3.05) is 6.54 Å². The van der Waals surface area contributed by atoms with Gasteiger partial charge >= 0.3 is 5.97 Å². The van der Waals surface area contributed by atoms with E-state index in [1.165, 1.54) is 16.5 Å². The van der Waals surface area contributed by atoms with Crippen molar-refractivity contribution in [3.63, 3.8) is 0 Å². The summed E-state index contributed by atoms with van der Waals surface area (Å²) in [4.78, 5) is 40.6. The largest absolute Gasteiger partial charge is 0.462 e. The number of nitrogens with one attached hydrogen (secondary N) is 2. The van der Waals surface area contributed by atoms with Crippen LogP contribution in [0.2, 0.25) is 0 Å². The highest BCUT2D eigenvalue weighted by atomic mass is 16.5. The Kier molecular flexibility index (Phi) is 6.93. The summed E-state index contributed by atoms with van der Waals surface area (Å²) in [5.74, 6) is 1.79. The Morgan fingerprint density at radius 1 is 1.03 bits per heavy atom. The molecule has 0 saturated heterocycles. The van der Waals surface area contributed by atoms with Crippen molar-refractivity contribution < 1.29 is 19.1 Å². The third-order valence-corrected chi connectivity index (χ3v) is 11.1. The number of aromatic nitrogens is 1. The second kappa shape index (κ2) is 10.3. The lowest BCUT2D eigenvalue weighted by molar-refractivity contribution is -0.160. The zero-order valence-electron chi connectivity index (χ0n) is 23.4. The molecule has 0 unspecified atom stereocenters. The van der Waals surface area contributed by atoms with Gasteiger partial charge in [0.2, 0.25) is 5.91 Å². The Balaban J connectivity index is 0.991. The molecule has 3 fully saturated rings. The number of aromatic amines is 1. The third-order valence-electron chi connectivity index (χ3n) is 11.1. The zero-order chi connectivity index (χ0) is 27.2. The maximum atomic E-state index is 12.8. The molecule has 6 heteroatoms. The highest BCUT2D eigenvalue weighted by molar-refractivity contribution is 5.91. The number of benzene rings is 1. The van der Waals surface area contributed by atoms with Crippen LogP contribution < -0.4 is 5.32 Å². The minimum Gasteiger partial charge on any atom is -0.462 e. The first-order valence-corrected chi connectivity index (χ1v) is 15.0. The van der Waals surface area contributed by atoms with Gasteiger partial charge in [-0.2, -0.15) is 0 Å². The van der Waals surface area contributed by atoms with E-state index in [9.17, 15) is 14.4 Å². The van der Waals surface area contributed by atoms with Crippen molar-refractivity contribution in [1.29, 1.82) is 0 Å². The van der Waals surface area contributed by atoms with E-state index in [0.29, 0.717) is 36.5 Å². The number of para-hydroxylation sites is 1. The van der Waals surface area contributed by atoms with E-state index in [1.807, 2.05) is 30.5 Å². The molecule has 3 saturated carbocycles. The predicted molar refractivity (Wildman–Crippen MR) is 151 cm³/mol. The van der Waals surface area contributed by atoms with Crippen molar-refractivity contribution in [1.82, 2.24) is 10.3 Å². The van der Waals surface area contributed by atoms with E-state index < -0.39 is 0 Å². The van der Waals surface area contributed by atoms with Crippen molar-refractivity contribution in [2.24, 2.45) is 28.6 Å². The summed E-state index contributed by atoms with van der Waals surface area (Å²) in [6.07, 6.45) is 13.1. The van der Waals surface area contributed by atoms with Gasteiger partial charge in [0, 0.05) is 41.9 Å². The Morgan fingerprint density at radius 2 is 1.87 bits per heavy atom. The summed E-state index contributed by atoms with van der Waals surface area (Å²) in [7, 11) is 0. The van der Waals surface area contributed by atoms with Gasteiger partial charge in [-0.05, 0) is 92.2 Å². The Hall–Kier alpha value is -2.89. The lowest BCUT2D eigenvalue weighted by Crippen LogP contribution is -2.51. The van der Waals surface area contributed by atoms with E-state index in [4.69, 9.17) is 4.74 Å². The van der Waals surface area contributed by atoms with Crippen molar-refractivity contribution in [2.45, 2.75) is 90.6 Å². The van der Waals surface area contributed by atoms with E-state index in [2.05, 4.69) is 30.2 Å². The van der Waals surface area contributed by atoms with Gasteiger partial charge < -0.3 is 15.0 Å². The smallest absolute Gasteiger partial charge is 0.306 e. The molecule has 0 aliphatic heterocycles. The van der Waals surface area contributed by atoms with E-state index in [0.717, 1.165) is 56.9 Å². The van der Waals surface area contributed by atoms with Crippen LogP contribution in [0.3, 0.4) is 0 Å². The van der Waals surface area contributed by atoms with Gasteiger partial charge in [0.25, 0.3) is 0 Å². The third kappa shape index (κ3) is 4.74. The molecule has 4 aliphatic rings. The molecule has 6 rings (SSSR count). The number of amides is 1. The van der Waals surface area contributed by atoms with Crippen LogP contribution in [0.4, 0.5) is 0 Å². The number of carbonyl (C=O) groups is 3. The van der Waals surface area contributed by atoms with Crippen LogP contribution >= 0.6 is 0 Å². The Bertz CT molecular complexity index is 1310. The van der Waals surface area contributed by atoms with Crippen molar-refractivity contribution >= 4 is 28.6 Å². The average molecular weight is 531 g/mol. The fourth-order valence-electron chi connectivity index (χ4n) is 8.90. The normalized spacial score (nSPS) is 33.6. The first kappa shape index (κ1) is 26.3. The number of fused-ring (bicyclic) bond motifs is 6. The van der Waals surface area contributed by atoms with Crippen molar-refractivity contribution in [3.8, 4) is 0 Å². The maximum Gasteiger partial charge on any atom is 0.306 e. The molecular weight excluding hydrogens is 488 g/mol. The standard InChI is InChI=1S/C33H42N2O4/c1-32-16-13-23(36)19-22(32)7-8-25-26-9-10-29(33(26,2)17-14-27(25)32)39-31(38)12-11-30(37)34-18-15-21-20-35-28-6-4-3-5-24(21)28/h3-6,19-20,25-27,29,35H,7-18H2,1-2H3,(H,34,37)/t25-,26+,27-,29-,32+,33+/m1/s1. The molecule has 1 heterocycles. The molecule has 1 amide bonds. The summed E-state index contributed by atoms with van der Waals surface area (Å²) in [5, 5.41) is 4.14. The second-order valence-electron chi connectivity index (χ2n) is 13.0. The van der Waals surface area contributed by atoms with Crippen LogP contribution in [0.5, 0.6) is 0 Å².